The van der Waals surface area contributed by atoms with Crippen molar-refractivity contribution in [3.8, 4) is 0 Å². The second-order valence-corrected chi connectivity index (χ2v) is 6.03. The monoisotopic (exact) mass is 267 g/mol. The topological polar surface area (TPSA) is 21.1 Å². The van der Waals surface area contributed by atoms with Gasteiger partial charge in [0.2, 0.25) is 0 Å². The molecule has 1 aromatic heterocycles. The first-order chi connectivity index (χ1) is 9.92. The SMILES string of the molecule is c1ccc([C@H]2Cn3ccnc3CN2C2CCCC2)cc1. The lowest BCUT2D eigenvalue weighted by molar-refractivity contribution is 0.0857. The van der Waals surface area contributed by atoms with E-state index in [1.165, 1.54) is 37.1 Å². The lowest BCUT2D eigenvalue weighted by Crippen LogP contribution is -2.42. The molecule has 0 spiro atoms. The quantitative estimate of drug-likeness (QED) is 0.831. The normalized spacial score (nSPS) is 23.9. The summed E-state index contributed by atoms with van der Waals surface area (Å²) in [7, 11) is 0. The first kappa shape index (κ1) is 12.2. The van der Waals surface area contributed by atoms with Gasteiger partial charge in [0, 0.05) is 25.0 Å². The Bertz CT molecular complexity index is 569. The molecule has 0 radical (unpaired) electrons. The van der Waals surface area contributed by atoms with Crippen LogP contribution < -0.4 is 0 Å². The molecule has 4 rings (SSSR count). The summed E-state index contributed by atoms with van der Waals surface area (Å²) in [6, 6.07) is 12.2. The third-order valence-electron chi connectivity index (χ3n) is 4.87. The van der Waals surface area contributed by atoms with Crippen LogP contribution in [-0.2, 0) is 13.1 Å². The Morgan fingerprint density at radius 1 is 1.05 bits per heavy atom. The molecule has 1 aliphatic heterocycles. The molecule has 3 heteroatoms. The minimum atomic E-state index is 0.501. The van der Waals surface area contributed by atoms with Crippen molar-refractivity contribution >= 4 is 0 Å². The Balaban J connectivity index is 1.70. The maximum absolute atomic E-state index is 4.53. The van der Waals surface area contributed by atoms with Gasteiger partial charge in [0.1, 0.15) is 5.82 Å². The Labute approximate surface area is 120 Å². The van der Waals surface area contributed by atoms with Crippen LogP contribution in [0, 0.1) is 0 Å². The van der Waals surface area contributed by atoms with Gasteiger partial charge in [-0.1, -0.05) is 43.2 Å². The summed E-state index contributed by atoms with van der Waals surface area (Å²) in [6.07, 6.45) is 9.54. The highest BCUT2D eigenvalue weighted by Gasteiger charge is 2.33. The van der Waals surface area contributed by atoms with Crippen molar-refractivity contribution in [1.82, 2.24) is 14.5 Å². The molecule has 1 aromatic carbocycles. The smallest absolute Gasteiger partial charge is 0.122 e. The van der Waals surface area contributed by atoms with E-state index in [9.17, 15) is 0 Å². The van der Waals surface area contributed by atoms with Crippen molar-refractivity contribution in [1.29, 1.82) is 0 Å². The summed E-state index contributed by atoms with van der Waals surface area (Å²) in [5.41, 5.74) is 1.44. The summed E-state index contributed by atoms with van der Waals surface area (Å²) in [5.74, 6) is 1.23. The first-order valence-electron chi connectivity index (χ1n) is 7.72. The molecular weight excluding hydrogens is 246 g/mol. The molecule has 0 unspecified atom stereocenters. The Hall–Kier alpha value is -1.61. The van der Waals surface area contributed by atoms with E-state index in [0.29, 0.717) is 6.04 Å². The highest BCUT2D eigenvalue weighted by Crippen LogP contribution is 2.35. The third-order valence-corrected chi connectivity index (χ3v) is 4.87. The molecule has 1 saturated carbocycles. The molecule has 1 atom stereocenters. The maximum atomic E-state index is 4.53. The van der Waals surface area contributed by atoms with Gasteiger partial charge in [0.15, 0.2) is 0 Å². The van der Waals surface area contributed by atoms with E-state index in [4.69, 9.17) is 0 Å². The highest BCUT2D eigenvalue weighted by molar-refractivity contribution is 5.21. The zero-order chi connectivity index (χ0) is 13.4. The van der Waals surface area contributed by atoms with Crippen molar-refractivity contribution in [3.63, 3.8) is 0 Å². The van der Waals surface area contributed by atoms with E-state index < -0.39 is 0 Å². The van der Waals surface area contributed by atoms with Gasteiger partial charge < -0.3 is 4.57 Å². The van der Waals surface area contributed by atoms with Crippen molar-refractivity contribution in [2.24, 2.45) is 0 Å². The van der Waals surface area contributed by atoms with Gasteiger partial charge in [0.05, 0.1) is 12.6 Å². The van der Waals surface area contributed by atoms with Gasteiger partial charge in [-0.25, -0.2) is 4.98 Å². The minimum absolute atomic E-state index is 0.501. The molecule has 0 bridgehead atoms. The second kappa shape index (κ2) is 5.06. The van der Waals surface area contributed by atoms with Crippen LogP contribution in [0.25, 0.3) is 0 Å². The number of hydrogen-bond donors (Lipinski definition) is 0. The lowest BCUT2D eigenvalue weighted by Gasteiger charge is -2.40. The number of rotatable bonds is 2. The van der Waals surface area contributed by atoms with E-state index in [1.807, 2.05) is 6.20 Å². The molecule has 1 aliphatic carbocycles. The molecule has 1 fully saturated rings. The van der Waals surface area contributed by atoms with E-state index in [0.717, 1.165) is 19.1 Å². The molecule has 2 heterocycles. The highest BCUT2D eigenvalue weighted by atomic mass is 15.3. The zero-order valence-corrected chi connectivity index (χ0v) is 11.8. The number of hydrogen-bond acceptors (Lipinski definition) is 2. The Kier molecular flexibility index (Phi) is 3.07. The van der Waals surface area contributed by atoms with Crippen molar-refractivity contribution in [2.75, 3.05) is 0 Å². The van der Waals surface area contributed by atoms with Crippen LogP contribution in [0.4, 0.5) is 0 Å². The third kappa shape index (κ3) is 2.06. The lowest BCUT2D eigenvalue weighted by atomic mass is 10.0. The van der Waals surface area contributed by atoms with Crippen molar-refractivity contribution in [3.05, 3.63) is 54.1 Å². The van der Waals surface area contributed by atoms with Crippen LogP contribution in [0.5, 0.6) is 0 Å². The van der Waals surface area contributed by atoms with Gasteiger partial charge >= 0.3 is 0 Å². The Morgan fingerprint density at radius 3 is 2.65 bits per heavy atom. The van der Waals surface area contributed by atoms with Gasteiger partial charge in [-0.05, 0) is 18.4 Å². The molecule has 0 N–H and O–H groups in total. The predicted octanol–water partition coefficient (Wildman–Crippen LogP) is 3.38. The fourth-order valence-corrected chi connectivity index (χ4v) is 3.81. The zero-order valence-electron chi connectivity index (χ0n) is 11.8. The average molecular weight is 267 g/mol. The van der Waals surface area contributed by atoms with Crippen LogP contribution in [0.1, 0.15) is 43.1 Å². The molecule has 0 saturated heterocycles. The van der Waals surface area contributed by atoms with Crippen LogP contribution in [0.2, 0.25) is 0 Å². The standard InChI is InChI=1S/C17H21N3/c1-2-6-14(7-3-1)16-12-19-11-10-18-17(19)13-20(16)15-8-4-5-9-15/h1-3,6-7,10-11,15-16H,4-5,8-9,12-13H2/t16-/m1/s1. The number of nitrogens with zero attached hydrogens (tertiary/aromatic N) is 3. The summed E-state index contributed by atoms with van der Waals surface area (Å²) in [4.78, 5) is 7.23. The number of benzene rings is 1. The van der Waals surface area contributed by atoms with Crippen molar-refractivity contribution < 1.29 is 0 Å². The average Bonchev–Trinajstić information content (AvgIpc) is 3.17. The molecular formula is C17H21N3. The number of aromatic nitrogens is 2. The van der Waals surface area contributed by atoms with Crippen molar-refractivity contribution in [2.45, 2.75) is 50.9 Å². The molecule has 0 amide bonds. The summed E-state index contributed by atoms with van der Waals surface area (Å²) < 4.78 is 2.32. The van der Waals surface area contributed by atoms with Crippen LogP contribution >= 0.6 is 0 Å². The number of imidazole rings is 1. The van der Waals surface area contributed by atoms with E-state index in [1.54, 1.807) is 0 Å². The molecule has 3 nitrogen and oxygen atoms in total. The molecule has 2 aliphatic rings. The molecule has 20 heavy (non-hydrogen) atoms. The number of fused-ring (bicyclic) bond motifs is 1. The molecule has 2 aromatic rings. The van der Waals surface area contributed by atoms with E-state index in [-0.39, 0.29) is 0 Å². The fourth-order valence-electron chi connectivity index (χ4n) is 3.81. The maximum Gasteiger partial charge on any atom is 0.122 e. The van der Waals surface area contributed by atoms with E-state index >= 15 is 0 Å². The fraction of sp³-hybridized carbons (Fsp3) is 0.471. The van der Waals surface area contributed by atoms with E-state index in [2.05, 4.69) is 51.0 Å². The second-order valence-electron chi connectivity index (χ2n) is 6.03. The van der Waals surface area contributed by atoms with Gasteiger partial charge in [-0.15, -0.1) is 0 Å². The molecule has 104 valence electrons. The van der Waals surface area contributed by atoms with Gasteiger partial charge in [-0.3, -0.25) is 4.90 Å². The summed E-state index contributed by atoms with van der Waals surface area (Å²) in [5, 5.41) is 0. The first-order valence-corrected chi connectivity index (χ1v) is 7.72. The minimum Gasteiger partial charge on any atom is -0.332 e. The largest absolute Gasteiger partial charge is 0.332 e. The van der Waals surface area contributed by atoms with Crippen LogP contribution in [0.3, 0.4) is 0 Å². The summed E-state index contributed by atoms with van der Waals surface area (Å²) in [6.45, 7) is 2.03. The van der Waals surface area contributed by atoms with Crippen LogP contribution in [0.15, 0.2) is 42.7 Å². The predicted molar refractivity (Wildman–Crippen MR) is 79.2 cm³/mol. The van der Waals surface area contributed by atoms with Crippen LogP contribution in [-0.4, -0.2) is 20.5 Å². The van der Waals surface area contributed by atoms with Gasteiger partial charge in [-0.2, -0.15) is 0 Å². The van der Waals surface area contributed by atoms with Gasteiger partial charge in [0.25, 0.3) is 0 Å². The summed E-state index contributed by atoms with van der Waals surface area (Å²) >= 11 is 0. The Morgan fingerprint density at radius 2 is 1.85 bits per heavy atom.